The normalized spacial score (nSPS) is 10.5. The van der Waals surface area contributed by atoms with Crippen LogP contribution in [0.15, 0.2) is 5.38 Å². The van der Waals surface area contributed by atoms with Crippen molar-refractivity contribution in [1.82, 2.24) is 19.9 Å². The quantitative estimate of drug-likeness (QED) is 0.811. The first-order valence-corrected chi connectivity index (χ1v) is 7.78. The van der Waals surface area contributed by atoms with Gasteiger partial charge in [-0.2, -0.15) is 15.0 Å². The fourth-order valence-electron chi connectivity index (χ4n) is 1.60. The summed E-state index contributed by atoms with van der Waals surface area (Å²) >= 11 is 1.63. The Labute approximate surface area is 128 Å². The van der Waals surface area contributed by atoms with Crippen LogP contribution in [-0.2, 0) is 6.54 Å². The van der Waals surface area contributed by atoms with E-state index in [2.05, 4.69) is 37.5 Å². The van der Waals surface area contributed by atoms with Gasteiger partial charge in [-0.1, -0.05) is 6.92 Å². The Morgan fingerprint density at radius 2 is 1.81 bits per heavy atom. The van der Waals surface area contributed by atoms with Gasteiger partial charge in [0.15, 0.2) is 0 Å². The molecule has 0 spiro atoms. The number of aromatic nitrogens is 4. The first kappa shape index (κ1) is 15.4. The number of hydrogen-bond acceptors (Lipinski definition) is 8. The Morgan fingerprint density at radius 1 is 1.10 bits per heavy atom. The molecule has 0 unspecified atom stereocenters. The van der Waals surface area contributed by atoms with Crippen LogP contribution >= 0.6 is 11.3 Å². The fourth-order valence-corrected chi connectivity index (χ4v) is 2.31. The van der Waals surface area contributed by atoms with Gasteiger partial charge in [-0.15, -0.1) is 11.3 Å². The minimum atomic E-state index is 0.556. The van der Waals surface area contributed by atoms with E-state index < -0.39 is 0 Å². The summed E-state index contributed by atoms with van der Waals surface area (Å²) in [5.74, 6) is 1.77. The third-order valence-electron chi connectivity index (χ3n) is 2.62. The highest BCUT2D eigenvalue weighted by molar-refractivity contribution is 7.09. The van der Waals surface area contributed by atoms with Crippen LogP contribution in [0.5, 0.6) is 0 Å². The third kappa shape index (κ3) is 4.52. The summed E-state index contributed by atoms with van der Waals surface area (Å²) in [5.41, 5.74) is 1.03. The lowest BCUT2D eigenvalue weighted by Crippen LogP contribution is -2.17. The summed E-state index contributed by atoms with van der Waals surface area (Å²) in [4.78, 5) is 19.4. The largest absolute Gasteiger partial charge is 0.354 e. The molecule has 0 radical (unpaired) electrons. The van der Waals surface area contributed by atoms with Gasteiger partial charge in [0, 0.05) is 31.7 Å². The van der Waals surface area contributed by atoms with E-state index in [1.54, 1.807) is 11.3 Å². The first-order chi connectivity index (χ1) is 10.1. The van der Waals surface area contributed by atoms with Crippen LogP contribution in [0.2, 0.25) is 0 Å². The van der Waals surface area contributed by atoms with Crippen LogP contribution < -0.4 is 15.5 Å². The van der Waals surface area contributed by atoms with Crippen molar-refractivity contribution in [3.8, 4) is 0 Å². The number of rotatable bonds is 7. The minimum Gasteiger partial charge on any atom is -0.354 e. The smallest absolute Gasteiger partial charge is 0.231 e. The number of nitrogens with zero attached hydrogens (tertiary/aromatic N) is 5. The highest BCUT2D eigenvalue weighted by Crippen LogP contribution is 2.14. The lowest BCUT2D eigenvalue weighted by atomic mass is 10.5. The zero-order chi connectivity index (χ0) is 15.2. The van der Waals surface area contributed by atoms with E-state index in [0.29, 0.717) is 24.4 Å². The third-order valence-corrected chi connectivity index (χ3v) is 3.59. The molecule has 21 heavy (non-hydrogen) atoms. The monoisotopic (exact) mass is 307 g/mol. The molecule has 2 heterocycles. The van der Waals surface area contributed by atoms with E-state index in [-0.39, 0.29) is 0 Å². The maximum atomic E-state index is 4.41. The number of nitrogens with one attached hydrogen (secondary N) is 2. The average molecular weight is 307 g/mol. The lowest BCUT2D eigenvalue weighted by Gasteiger charge is -2.13. The summed E-state index contributed by atoms with van der Waals surface area (Å²) in [6.45, 7) is 5.54. The standard InChI is InChI=1S/C13H21N7S/c1-5-6-14-11-17-12(19-13(18-11)20(3)4)15-7-10-16-9(2)8-21-10/h8H,5-7H2,1-4H3,(H2,14,15,17,18,19). The summed E-state index contributed by atoms with van der Waals surface area (Å²) in [7, 11) is 3.82. The molecule has 0 aliphatic rings. The molecule has 7 nitrogen and oxygen atoms in total. The topological polar surface area (TPSA) is 78.9 Å². The molecule has 8 heteroatoms. The maximum absolute atomic E-state index is 4.41. The van der Waals surface area contributed by atoms with Gasteiger partial charge in [0.2, 0.25) is 17.8 Å². The summed E-state index contributed by atoms with van der Waals surface area (Å²) < 4.78 is 0. The van der Waals surface area contributed by atoms with Crippen molar-refractivity contribution >= 4 is 29.2 Å². The maximum Gasteiger partial charge on any atom is 0.231 e. The van der Waals surface area contributed by atoms with Gasteiger partial charge in [-0.3, -0.25) is 0 Å². The van der Waals surface area contributed by atoms with E-state index in [1.165, 1.54) is 0 Å². The predicted octanol–water partition coefficient (Wildman–Crippen LogP) is 2.14. The summed E-state index contributed by atoms with van der Waals surface area (Å²) in [5, 5.41) is 9.44. The number of hydrogen-bond donors (Lipinski definition) is 2. The Bertz CT molecular complexity index is 582. The minimum absolute atomic E-state index is 0.556. The fraction of sp³-hybridized carbons (Fsp3) is 0.538. The molecule has 0 atom stereocenters. The molecule has 2 rings (SSSR count). The molecule has 0 aliphatic heterocycles. The molecule has 2 aromatic rings. The van der Waals surface area contributed by atoms with Crippen LogP contribution in [0.4, 0.5) is 17.8 Å². The van der Waals surface area contributed by atoms with Gasteiger partial charge < -0.3 is 15.5 Å². The van der Waals surface area contributed by atoms with Crippen molar-refractivity contribution in [1.29, 1.82) is 0 Å². The van der Waals surface area contributed by atoms with Crippen LogP contribution in [0, 0.1) is 6.92 Å². The van der Waals surface area contributed by atoms with Crippen molar-refractivity contribution in [2.24, 2.45) is 0 Å². The first-order valence-electron chi connectivity index (χ1n) is 6.90. The van der Waals surface area contributed by atoms with E-state index in [9.17, 15) is 0 Å². The molecule has 0 aromatic carbocycles. The second kappa shape index (κ2) is 7.16. The van der Waals surface area contributed by atoms with Crippen molar-refractivity contribution in [2.45, 2.75) is 26.8 Å². The molecule has 2 N–H and O–H groups in total. The van der Waals surface area contributed by atoms with E-state index in [0.717, 1.165) is 23.7 Å². The van der Waals surface area contributed by atoms with E-state index in [4.69, 9.17) is 0 Å². The SMILES string of the molecule is CCCNc1nc(NCc2nc(C)cs2)nc(N(C)C)n1. The molecular formula is C13H21N7S. The Kier molecular flexibility index (Phi) is 5.26. The summed E-state index contributed by atoms with van der Waals surface area (Å²) in [6.07, 6.45) is 1.02. The van der Waals surface area contributed by atoms with Crippen LogP contribution in [-0.4, -0.2) is 40.6 Å². The van der Waals surface area contributed by atoms with Gasteiger partial charge in [0.1, 0.15) is 5.01 Å². The van der Waals surface area contributed by atoms with Crippen molar-refractivity contribution in [3.63, 3.8) is 0 Å². The molecule has 2 aromatic heterocycles. The van der Waals surface area contributed by atoms with Crippen LogP contribution in [0.1, 0.15) is 24.0 Å². The Hall–Kier alpha value is -1.96. The molecule has 0 aliphatic carbocycles. The van der Waals surface area contributed by atoms with Gasteiger partial charge in [0.05, 0.1) is 6.54 Å². The second-order valence-corrected chi connectivity index (χ2v) is 5.78. The molecule has 0 amide bonds. The molecule has 0 saturated heterocycles. The predicted molar refractivity (Wildman–Crippen MR) is 87.1 cm³/mol. The van der Waals surface area contributed by atoms with Gasteiger partial charge >= 0.3 is 0 Å². The number of thiazole rings is 1. The van der Waals surface area contributed by atoms with Gasteiger partial charge in [0.25, 0.3) is 0 Å². The number of anilines is 3. The zero-order valence-corrected chi connectivity index (χ0v) is 13.7. The van der Waals surface area contributed by atoms with Crippen molar-refractivity contribution in [3.05, 3.63) is 16.1 Å². The van der Waals surface area contributed by atoms with E-state index in [1.807, 2.05) is 31.3 Å². The molecule has 0 fully saturated rings. The van der Waals surface area contributed by atoms with Crippen LogP contribution in [0.3, 0.4) is 0 Å². The average Bonchev–Trinajstić information content (AvgIpc) is 2.88. The second-order valence-electron chi connectivity index (χ2n) is 4.84. The molecular weight excluding hydrogens is 286 g/mol. The highest BCUT2D eigenvalue weighted by Gasteiger charge is 2.08. The zero-order valence-electron chi connectivity index (χ0n) is 12.8. The highest BCUT2D eigenvalue weighted by atomic mass is 32.1. The Morgan fingerprint density at radius 3 is 2.38 bits per heavy atom. The van der Waals surface area contributed by atoms with E-state index >= 15 is 0 Å². The Balaban J connectivity index is 2.11. The van der Waals surface area contributed by atoms with Gasteiger partial charge in [-0.25, -0.2) is 4.98 Å². The van der Waals surface area contributed by atoms with Crippen LogP contribution in [0.25, 0.3) is 0 Å². The van der Waals surface area contributed by atoms with Gasteiger partial charge in [-0.05, 0) is 13.3 Å². The molecule has 0 saturated carbocycles. The lowest BCUT2D eigenvalue weighted by molar-refractivity contribution is 0.908. The van der Waals surface area contributed by atoms with Crippen molar-refractivity contribution < 1.29 is 0 Å². The molecule has 114 valence electrons. The number of aryl methyl sites for hydroxylation is 1. The van der Waals surface area contributed by atoms with Crippen molar-refractivity contribution in [2.75, 3.05) is 36.2 Å². The molecule has 0 bridgehead atoms. The summed E-state index contributed by atoms with van der Waals surface area (Å²) in [6, 6.07) is 0.